The molecular formula is C25H12F6N2O8. The molecule has 0 aliphatic carbocycles. The van der Waals surface area contributed by atoms with Gasteiger partial charge in [-0.15, -0.1) is 0 Å². The number of carbonyl (C=O) groups is 6. The fraction of sp³-hybridized carbons (Fsp3) is 0.120. The molecule has 41 heavy (non-hydrogen) atoms. The normalized spacial score (nSPS) is 15.7. The summed E-state index contributed by atoms with van der Waals surface area (Å²) < 4.78 is 94.0. The Morgan fingerprint density at radius 1 is 0.512 bits per heavy atom. The smallest absolute Gasteiger partial charge is 0.411 e. The molecule has 0 aromatic heterocycles. The first-order chi connectivity index (χ1) is 19.1. The van der Waals surface area contributed by atoms with Crippen LogP contribution in [0.2, 0.25) is 0 Å². The van der Waals surface area contributed by atoms with Crippen LogP contribution in [0.5, 0.6) is 11.5 Å². The number of rotatable bonds is 8. The number of nitrogens with zero attached hydrogens (tertiary/aromatic N) is 2. The molecule has 0 N–H and O–H groups in total. The number of esters is 2. The van der Waals surface area contributed by atoms with E-state index in [4.69, 9.17) is 0 Å². The molecule has 4 rings (SSSR count). The van der Waals surface area contributed by atoms with Crippen molar-refractivity contribution >= 4 is 46.9 Å². The summed E-state index contributed by atoms with van der Waals surface area (Å²) >= 11 is 0. The Bertz CT molecular complexity index is 1380. The average Bonchev–Trinajstić information content (AvgIpc) is 3.43. The van der Waals surface area contributed by atoms with E-state index in [2.05, 4.69) is 9.47 Å². The number of halogens is 6. The molecule has 4 amide bonds. The summed E-state index contributed by atoms with van der Waals surface area (Å²) in [5, 5.41) is 0. The first kappa shape index (κ1) is 28.7. The lowest BCUT2D eigenvalue weighted by Gasteiger charge is -2.29. The van der Waals surface area contributed by atoms with Gasteiger partial charge in [0, 0.05) is 24.3 Å². The third-order valence-corrected chi connectivity index (χ3v) is 5.53. The predicted octanol–water partition coefficient (Wildman–Crippen LogP) is 2.96. The summed E-state index contributed by atoms with van der Waals surface area (Å²) in [4.78, 5) is 71.6. The summed E-state index contributed by atoms with van der Waals surface area (Å²) in [5.74, 6) is -30.3. The molecule has 2 aliphatic rings. The molecule has 2 aliphatic heterocycles. The van der Waals surface area contributed by atoms with E-state index in [0.29, 0.717) is 9.80 Å². The number of amides is 4. The predicted molar refractivity (Wildman–Crippen MR) is 122 cm³/mol. The Labute approximate surface area is 224 Å². The maximum Gasteiger partial charge on any atom is 0.411 e. The lowest BCUT2D eigenvalue weighted by atomic mass is 10.0. The molecule has 0 bridgehead atoms. The van der Waals surface area contributed by atoms with Gasteiger partial charge >= 0.3 is 29.7 Å². The molecule has 0 fully saturated rings. The van der Waals surface area contributed by atoms with Crippen LogP contribution in [0.15, 0.2) is 72.8 Å². The van der Waals surface area contributed by atoms with Crippen molar-refractivity contribution in [3.63, 3.8) is 0 Å². The number of hydrogen-bond donors (Lipinski definition) is 0. The Balaban J connectivity index is 1.45. The van der Waals surface area contributed by atoms with Crippen LogP contribution in [0.3, 0.4) is 0 Å². The molecule has 10 nitrogen and oxygen atoms in total. The van der Waals surface area contributed by atoms with Crippen molar-refractivity contribution in [1.29, 1.82) is 0 Å². The second kappa shape index (κ2) is 10.0. The molecule has 0 radical (unpaired) electrons. The minimum atomic E-state index is -6.66. The maximum atomic E-state index is 14.3. The third-order valence-electron chi connectivity index (χ3n) is 5.53. The lowest BCUT2D eigenvalue weighted by molar-refractivity contribution is -0.296. The third kappa shape index (κ3) is 4.94. The summed E-state index contributed by atoms with van der Waals surface area (Å²) in [6, 6.07) is 6.56. The van der Waals surface area contributed by atoms with Crippen molar-refractivity contribution in [2.75, 3.05) is 9.80 Å². The van der Waals surface area contributed by atoms with Crippen LogP contribution >= 0.6 is 0 Å². The van der Waals surface area contributed by atoms with Gasteiger partial charge < -0.3 is 9.47 Å². The van der Waals surface area contributed by atoms with Gasteiger partial charge in [0.25, 0.3) is 23.6 Å². The number of benzene rings is 2. The van der Waals surface area contributed by atoms with Gasteiger partial charge in [0.05, 0.1) is 11.4 Å². The second-order valence-corrected chi connectivity index (χ2v) is 8.18. The van der Waals surface area contributed by atoms with Gasteiger partial charge in [-0.25, -0.2) is 19.4 Å². The minimum absolute atomic E-state index is 0.112. The average molecular weight is 582 g/mol. The van der Waals surface area contributed by atoms with Gasteiger partial charge in [0.15, 0.2) is 0 Å². The number of anilines is 2. The molecule has 2 aromatic rings. The summed E-state index contributed by atoms with van der Waals surface area (Å²) in [5.41, 5.74) is -0.223. The zero-order valence-corrected chi connectivity index (χ0v) is 19.9. The Hall–Kier alpha value is -5.28. The van der Waals surface area contributed by atoms with Crippen LogP contribution in [0.4, 0.5) is 37.7 Å². The van der Waals surface area contributed by atoms with Crippen LogP contribution in [0, 0.1) is 0 Å². The van der Waals surface area contributed by atoms with Crippen LogP contribution in [-0.2, 0) is 28.8 Å². The van der Waals surface area contributed by atoms with Crippen molar-refractivity contribution in [2.45, 2.75) is 17.8 Å². The van der Waals surface area contributed by atoms with Crippen LogP contribution in [-0.4, -0.2) is 53.3 Å². The second-order valence-electron chi connectivity index (χ2n) is 8.18. The van der Waals surface area contributed by atoms with E-state index >= 15 is 0 Å². The van der Waals surface area contributed by atoms with Crippen molar-refractivity contribution in [3.8, 4) is 11.5 Å². The Kier molecular flexibility index (Phi) is 7.03. The number of alkyl halides is 6. The number of ether oxygens (including phenoxy) is 2. The van der Waals surface area contributed by atoms with E-state index in [1.807, 2.05) is 0 Å². The van der Waals surface area contributed by atoms with Gasteiger partial charge in [-0.1, -0.05) is 0 Å². The van der Waals surface area contributed by atoms with Crippen molar-refractivity contribution in [1.82, 2.24) is 0 Å². The highest BCUT2D eigenvalue weighted by Gasteiger charge is 2.79. The van der Waals surface area contributed by atoms with Gasteiger partial charge in [-0.2, -0.15) is 26.3 Å². The SMILES string of the molecule is O=C1C=CC(=O)N1c1ccc(OC(=O)C(F)(F)C(F)(F)C(F)(F)C(=O)Oc2ccc(N3C(=O)C=CC3=O)cc2)cc1. The lowest BCUT2D eigenvalue weighted by Crippen LogP contribution is -2.62. The molecule has 0 spiro atoms. The maximum absolute atomic E-state index is 14.3. The largest absolute Gasteiger partial charge is 0.422 e. The number of imide groups is 2. The van der Waals surface area contributed by atoms with E-state index in [1.165, 1.54) is 0 Å². The Morgan fingerprint density at radius 2 is 0.780 bits per heavy atom. The highest BCUT2D eigenvalue weighted by Crippen LogP contribution is 2.47. The molecule has 0 unspecified atom stereocenters. The minimum Gasteiger partial charge on any atom is -0.422 e. The topological polar surface area (TPSA) is 127 Å². The highest BCUT2D eigenvalue weighted by molar-refractivity contribution is 6.28. The van der Waals surface area contributed by atoms with E-state index in [0.717, 1.165) is 72.8 Å². The fourth-order valence-electron chi connectivity index (χ4n) is 3.43. The Morgan fingerprint density at radius 3 is 1.05 bits per heavy atom. The van der Waals surface area contributed by atoms with E-state index in [1.54, 1.807) is 0 Å². The molecular weight excluding hydrogens is 570 g/mol. The quantitative estimate of drug-likeness (QED) is 0.201. The zero-order chi connectivity index (χ0) is 30.3. The summed E-state index contributed by atoms with van der Waals surface area (Å²) in [7, 11) is 0. The van der Waals surface area contributed by atoms with Crippen LogP contribution < -0.4 is 19.3 Å². The van der Waals surface area contributed by atoms with Crippen molar-refractivity contribution in [3.05, 3.63) is 72.8 Å². The molecule has 16 heteroatoms. The van der Waals surface area contributed by atoms with Crippen LogP contribution in [0.1, 0.15) is 0 Å². The molecule has 0 atom stereocenters. The fourth-order valence-corrected chi connectivity index (χ4v) is 3.43. The van der Waals surface area contributed by atoms with E-state index < -0.39 is 64.8 Å². The molecule has 0 saturated carbocycles. The monoisotopic (exact) mass is 582 g/mol. The zero-order valence-electron chi connectivity index (χ0n) is 19.9. The number of carbonyl (C=O) groups excluding carboxylic acids is 6. The van der Waals surface area contributed by atoms with Crippen molar-refractivity contribution in [2.24, 2.45) is 0 Å². The van der Waals surface area contributed by atoms with Crippen LogP contribution in [0.25, 0.3) is 0 Å². The van der Waals surface area contributed by atoms with Gasteiger partial charge in [0.2, 0.25) is 0 Å². The molecule has 0 saturated heterocycles. The molecule has 2 aromatic carbocycles. The van der Waals surface area contributed by atoms with Gasteiger partial charge in [0.1, 0.15) is 11.5 Å². The van der Waals surface area contributed by atoms with Gasteiger partial charge in [-0.3, -0.25) is 19.2 Å². The first-order valence-electron chi connectivity index (χ1n) is 11.0. The van der Waals surface area contributed by atoms with Gasteiger partial charge in [-0.05, 0) is 48.5 Å². The van der Waals surface area contributed by atoms with Crippen molar-refractivity contribution < 1.29 is 64.6 Å². The van der Waals surface area contributed by atoms with E-state index in [-0.39, 0.29) is 11.4 Å². The van der Waals surface area contributed by atoms with E-state index in [9.17, 15) is 55.1 Å². The standard InChI is InChI=1S/C25H12F6N2O8/c26-23(27,21(38)40-15-5-1-13(2-6-15)32-17(34)9-10-18(32)35)25(30,31)24(28,29)22(39)41-16-7-3-14(4-8-16)33-19(36)11-12-20(33)37/h1-12H. The molecule has 212 valence electrons. The highest BCUT2D eigenvalue weighted by atomic mass is 19.3. The summed E-state index contributed by atoms with van der Waals surface area (Å²) in [6.07, 6.45) is 3.71. The summed E-state index contributed by atoms with van der Waals surface area (Å²) in [6.45, 7) is 0. The first-order valence-corrected chi connectivity index (χ1v) is 11.0. The molecule has 2 heterocycles. The number of hydrogen-bond acceptors (Lipinski definition) is 8.